The van der Waals surface area contributed by atoms with E-state index in [4.69, 9.17) is 0 Å². The van der Waals surface area contributed by atoms with E-state index < -0.39 is 0 Å². The lowest BCUT2D eigenvalue weighted by Gasteiger charge is -2.33. The standard InChI is InChI=1S/C14H26N4O/c1-4-7-18-12(3)15-16-14(18)10-17-8-5-6-13(9-17)11(2)19/h11,13,19H,4-10H2,1-3H3. The molecule has 2 atom stereocenters. The number of piperidine rings is 1. The van der Waals surface area contributed by atoms with Gasteiger partial charge in [-0.3, -0.25) is 4.90 Å². The summed E-state index contributed by atoms with van der Waals surface area (Å²) >= 11 is 0. The van der Waals surface area contributed by atoms with Crippen molar-refractivity contribution in [2.45, 2.75) is 59.2 Å². The molecule has 0 saturated carbocycles. The van der Waals surface area contributed by atoms with Gasteiger partial charge in [0.05, 0.1) is 12.6 Å². The van der Waals surface area contributed by atoms with E-state index >= 15 is 0 Å². The average Bonchev–Trinajstić information content (AvgIpc) is 2.72. The molecule has 0 radical (unpaired) electrons. The van der Waals surface area contributed by atoms with Gasteiger partial charge in [0.1, 0.15) is 11.6 Å². The van der Waals surface area contributed by atoms with Gasteiger partial charge in [0.25, 0.3) is 0 Å². The van der Waals surface area contributed by atoms with E-state index in [9.17, 15) is 5.11 Å². The van der Waals surface area contributed by atoms with Crippen LogP contribution in [0.5, 0.6) is 0 Å². The maximum atomic E-state index is 9.74. The number of hydrogen-bond donors (Lipinski definition) is 1. The molecule has 2 heterocycles. The van der Waals surface area contributed by atoms with Crippen molar-refractivity contribution in [1.29, 1.82) is 0 Å². The molecule has 5 heteroatoms. The second-order valence-corrected chi connectivity index (χ2v) is 5.69. The van der Waals surface area contributed by atoms with Gasteiger partial charge >= 0.3 is 0 Å². The largest absolute Gasteiger partial charge is 0.393 e. The first-order chi connectivity index (χ1) is 9.11. The molecule has 1 fully saturated rings. The molecule has 5 nitrogen and oxygen atoms in total. The number of nitrogens with zero attached hydrogens (tertiary/aromatic N) is 4. The van der Waals surface area contributed by atoms with E-state index in [-0.39, 0.29) is 6.10 Å². The minimum absolute atomic E-state index is 0.210. The summed E-state index contributed by atoms with van der Waals surface area (Å²) in [6, 6.07) is 0. The van der Waals surface area contributed by atoms with Crippen LogP contribution in [0.2, 0.25) is 0 Å². The maximum absolute atomic E-state index is 9.74. The summed E-state index contributed by atoms with van der Waals surface area (Å²) in [6.45, 7) is 10.00. The zero-order valence-electron chi connectivity index (χ0n) is 12.3. The summed E-state index contributed by atoms with van der Waals surface area (Å²) in [5.41, 5.74) is 0. The average molecular weight is 266 g/mol. The molecule has 0 spiro atoms. The van der Waals surface area contributed by atoms with E-state index in [0.29, 0.717) is 5.92 Å². The van der Waals surface area contributed by atoms with E-state index in [2.05, 4.69) is 26.6 Å². The number of aliphatic hydroxyl groups excluding tert-OH is 1. The van der Waals surface area contributed by atoms with Crippen molar-refractivity contribution >= 4 is 0 Å². The van der Waals surface area contributed by atoms with Gasteiger partial charge in [0.2, 0.25) is 0 Å². The van der Waals surface area contributed by atoms with Crippen molar-refractivity contribution in [3.8, 4) is 0 Å². The van der Waals surface area contributed by atoms with E-state index in [1.807, 2.05) is 13.8 Å². The van der Waals surface area contributed by atoms with E-state index in [1.54, 1.807) is 0 Å². The Morgan fingerprint density at radius 3 is 2.89 bits per heavy atom. The molecule has 0 aliphatic carbocycles. The number of aliphatic hydroxyl groups is 1. The van der Waals surface area contributed by atoms with Crippen LogP contribution >= 0.6 is 0 Å². The fraction of sp³-hybridized carbons (Fsp3) is 0.857. The molecule has 0 amide bonds. The molecular weight excluding hydrogens is 240 g/mol. The minimum atomic E-state index is -0.210. The highest BCUT2D eigenvalue weighted by molar-refractivity contribution is 4.94. The number of aryl methyl sites for hydroxylation is 1. The third-order valence-electron chi connectivity index (χ3n) is 4.05. The molecule has 2 unspecified atom stereocenters. The predicted octanol–water partition coefficient (Wildman–Crippen LogP) is 1.59. The summed E-state index contributed by atoms with van der Waals surface area (Å²) < 4.78 is 2.21. The van der Waals surface area contributed by atoms with Crippen LogP contribution in [-0.4, -0.2) is 44.0 Å². The van der Waals surface area contributed by atoms with Gasteiger partial charge in [0.15, 0.2) is 0 Å². The molecule has 1 aromatic heterocycles. The van der Waals surface area contributed by atoms with Crippen molar-refractivity contribution < 1.29 is 5.11 Å². The molecule has 0 aromatic carbocycles. The fourth-order valence-electron chi connectivity index (χ4n) is 2.88. The second kappa shape index (κ2) is 6.48. The molecule has 0 bridgehead atoms. The molecule has 1 aliphatic rings. The van der Waals surface area contributed by atoms with Gasteiger partial charge in [-0.15, -0.1) is 10.2 Å². The second-order valence-electron chi connectivity index (χ2n) is 5.69. The fourth-order valence-corrected chi connectivity index (χ4v) is 2.88. The molecule has 108 valence electrons. The van der Waals surface area contributed by atoms with Gasteiger partial charge < -0.3 is 9.67 Å². The Bertz CT molecular complexity index is 402. The molecule has 1 aromatic rings. The van der Waals surface area contributed by atoms with Crippen LogP contribution in [-0.2, 0) is 13.1 Å². The zero-order valence-corrected chi connectivity index (χ0v) is 12.3. The Hall–Kier alpha value is -0.940. The summed E-state index contributed by atoms with van der Waals surface area (Å²) in [5.74, 6) is 2.46. The topological polar surface area (TPSA) is 54.2 Å². The van der Waals surface area contributed by atoms with Crippen molar-refractivity contribution in [3.05, 3.63) is 11.6 Å². The molecule has 1 aliphatic heterocycles. The monoisotopic (exact) mass is 266 g/mol. The summed E-state index contributed by atoms with van der Waals surface area (Å²) in [4.78, 5) is 2.40. The van der Waals surface area contributed by atoms with Gasteiger partial charge in [0, 0.05) is 13.1 Å². The summed E-state index contributed by atoms with van der Waals surface area (Å²) in [5, 5.41) is 18.2. The maximum Gasteiger partial charge on any atom is 0.147 e. The highest BCUT2D eigenvalue weighted by Gasteiger charge is 2.24. The Morgan fingerprint density at radius 2 is 2.21 bits per heavy atom. The number of rotatable bonds is 5. The smallest absolute Gasteiger partial charge is 0.147 e. The predicted molar refractivity (Wildman–Crippen MR) is 74.7 cm³/mol. The Balaban J connectivity index is 2.00. The van der Waals surface area contributed by atoms with Crippen LogP contribution in [0.3, 0.4) is 0 Å². The highest BCUT2D eigenvalue weighted by atomic mass is 16.3. The quantitative estimate of drug-likeness (QED) is 0.879. The van der Waals surface area contributed by atoms with Gasteiger partial charge in [-0.05, 0) is 45.6 Å². The first-order valence-corrected chi connectivity index (χ1v) is 7.41. The van der Waals surface area contributed by atoms with Crippen molar-refractivity contribution in [2.75, 3.05) is 13.1 Å². The molecule has 2 rings (SSSR count). The number of likely N-dealkylation sites (tertiary alicyclic amines) is 1. The summed E-state index contributed by atoms with van der Waals surface area (Å²) in [7, 11) is 0. The third-order valence-corrected chi connectivity index (χ3v) is 4.05. The van der Waals surface area contributed by atoms with Gasteiger partial charge in [-0.25, -0.2) is 0 Å². The summed E-state index contributed by atoms with van der Waals surface area (Å²) in [6.07, 6.45) is 3.19. The number of hydrogen-bond acceptors (Lipinski definition) is 4. The third kappa shape index (κ3) is 3.54. The number of aromatic nitrogens is 3. The van der Waals surface area contributed by atoms with Crippen LogP contribution in [0.15, 0.2) is 0 Å². The van der Waals surface area contributed by atoms with Crippen LogP contribution in [0, 0.1) is 12.8 Å². The lowest BCUT2D eigenvalue weighted by atomic mass is 9.93. The first kappa shape index (κ1) is 14.5. The first-order valence-electron chi connectivity index (χ1n) is 7.41. The van der Waals surface area contributed by atoms with E-state index in [0.717, 1.165) is 57.1 Å². The van der Waals surface area contributed by atoms with Crippen molar-refractivity contribution in [3.63, 3.8) is 0 Å². The van der Waals surface area contributed by atoms with E-state index in [1.165, 1.54) is 0 Å². The highest BCUT2D eigenvalue weighted by Crippen LogP contribution is 2.21. The van der Waals surface area contributed by atoms with Crippen molar-refractivity contribution in [1.82, 2.24) is 19.7 Å². The van der Waals surface area contributed by atoms with Gasteiger partial charge in [-0.2, -0.15) is 0 Å². The normalized spacial score (nSPS) is 22.6. The Morgan fingerprint density at radius 1 is 1.42 bits per heavy atom. The minimum Gasteiger partial charge on any atom is -0.393 e. The van der Waals surface area contributed by atoms with Crippen LogP contribution in [0.25, 0.3) is 0 Å². The van der Waals surface area contributed by atoms with Crippen LogP contribution in [0.1, 0.15) is 44.8 Å². The molecule has 1 saturated heterocycles. The Labute approximate surface area is 115 Å². The van der Waals surface area contributed by atoms with Crippen LogP contribution < -0.4 is 0 Å². The van der Waals surface area contributed by atoms with Gasteiger partial charge in [-0.1, -0.05) is 6.92 Å². The molecule has 1 N–H and O–H groups in total. The lowest BCUT2D eigenvalue weighted by Crippen LogP contribution is -2.39. The SMILES string of the molecule is CCCn1c(C)nnc1CN1CCCC(C(C)O)C1. The Kier molecular flexibility index (Phi) is 4.93. The lowest BCUT2D eigenvalue weighted by molar-refractivity contribution is 0.0584. The molecule has 19 heavy (non-hydrogen) atoms. The van der Waals surface area contributed by atoms with Crippen molar-refractivity contribution in [2.24, 2.45) is 5.92 Å². The van der Waals surface area contributed by atoms with Crippen LogP contribution in [0.4, 0.5) is 0 Å². The molecular formula is C14H26N4O. The zero-order chi connectivity index (χ0) is 13.8.